The number of hydrogen-bond donors (Lipinski definition) is 2. The second-order valence-corrected chi connectivity index (χ2v) is 5.62. The molecule has 6 heteroatoms. The molecule has 106 valence electrons. The lowest BCUT2D eigenvalue weighted by molar-refractivity contribution is -0.384. The molecule has 1 rings (SSSR count). The van der Waals surface area contributed by atoms with E-state index in [4.69, 9.17) is 0 Å². The SMILES string of the molecule is CCNc1cc([N+](=O)[O-])cc(NC(C)C(C)(C)C)n1. The lowest BCUT2D eigenvalue weighted by atomic mass is 9.88. The highest BCUT2D eigenvalue weighted by Gasteiger charge is 2.21. The minimum atomic E-state index is -0.407. The molecule has 1 aromatic rings. The van der Waals surface area contributed by atoms with Gasteiger partial charge in [0.05, 0.1) is 17.1 Å². The van der Waals surface area contributed by atoms with Crippen LogP contribution in [0.5, 0.6) is 0 Å². The van der Waals surface area contributed by atoms with Gasteiger partial charge in [0.15, 0.2) is 0 Å². The van der Waals surface area contributed by atoms with E-state index in [0.717, 1.165) is 0 Å². The van der Waals surface area contributed by atoms with Gasteiger partial charge in [0.2, 0.25) is 0 Å². The molecule has 1 atom stereocenters. The Labute approximate surface area is 113 Å². The molecule has 0 aliphatic carbocycles. The van der Waals surface area contributed by atoms with Crippen molar-refractivity contribution in [1.82, 2.24) is 4.98 Å². The predicted octanol–water partition coefficient (Wildman–Crippen LogP) is 3.27. The molecule has 2 N–H and O–H groups in total. The third-order valence-corrected chi connectivity index (χ3v) is 3.04. The van der Waals surface area contributed by atoms with Crippen molar-refractivity contribution in [2.75, 3.05) is 17.2 Å². The van der Waals surface area contributed by atoms with Gasteiger partial charge < -0.3 is 10.6 Å². The molecule has 0 amide bonds. The highest BCUT2D eigenvalue weighted by Crippen LogP contribution is 2.25. The van der Waals surface area contributed by atoms with E-state index in [-0.39, 0.29) is 17.1 Å². The number of nitro groups is 1. The maximum Gasteiger partial charge on any atom is 0.276 e. The van der Waals surface area contributed by atoms with Crippen LogP contribution in [0.3, 0.4) is 0 Å². The van der Waals surface area contributed by atoms with Crippen LogP contribution >= 0.6 is 0 Å². The minimum Gasteiger partial charge on any atom is -0.370 e. The molecular formula is C13H22N4O2. The number of anilines is 2. The van der Waals surface area contributed by atoms with Crippen LogP contribution in [-0.2, 0) is 0 Å². The highest BCUT2D eigenvalue weighted by atomic mass is 16.6. The van der Waals surface area contributed by atoms with Crippen LogP contribution in [0.25, 0.3) is 0 Å². The first-order valence-corrected chi connectivity index (χ1v) is 6.41. The van der Waals surface area contributed by atoms with Gasteiger partial charge in [-0.3, -0.25) is 10.1 Å². The number of pyridine rings is 1. The lowest BCUT2D eigenvalue weighted by Crippen LogP contribution is -2.31. The van der Waals surface area contributed by atoms with Crippen LogP contribution in [0.2, 0.25) is 0 Å². The smallest absolute Gasteiger partial charge is 0.276 e. The molecule has 1 heterocycles. The van der Waals surface area contributed by atoms with Gasteiger partial charge in [-0.1, -0.05) is 20.8 Å². The molecule has 1 aromatic heterocycles. The normalized spacial score (nSPS) is 12.9. The number of nitrogens with zero attached hydrogens (tertiary/aromatic N) is 2. The number of rotatable bonds is 5. The fourth-order valence-electron chi connectivity index (χ4n) is 1.41. The molecule has 0 fully saturated rings. The fourth-order valence-corrected chi connectivity index (χ4v) is 1.41. The average molecular weight is 266 g/mol. The Kier molecular flexibility index (Phi) is 4.69. The van der Waals surface area contributed by atoms with E-state index >= 15 is 0 Å². The van der Waals surface area contributed by atoms with Gasteiger partial charge in [-0.15, -0.1) is 0 Å². The maximum atomic E-state index is 10.9. The monoisotopic (exact) mass is 266 g/mol. The van der Waals surface area contributed by atoms with Crippen molar-refractivity contribution < 1.29 is 4.92 Å². The van der Waals surface area contributed by atoms with Crippen molar-refractivity contribution >= 4 is 17.3 Å². The molecule has 0 radical (unpaired) electrons. The van der Waals surface area contributed by atoms with Crippen LogP contribution in [0.4, 0.5) is 17.3 Å². The topological polar surface area (TPSA) is 80.1 Å². The van der Waals surface area contributed by atoms with Crippen molar-refractivity contribution in [1.29, 1.82) is 0 Å². The van der Waals surface area contributed by atoms with Crippen molar-refractivity contribution in [3.63, 3.8) is 0 Å². The first kappa shape index (κ1) is 15.2. The van der Waals surface area contributed by atoms with E-state index in [2.05, 4.69) is 36.4 Å². The molecule has 6 nitrogen and oxygen atoms in total. The number of hydrogen-bond acceptors (Lipinski definition) is 5. The number of nitrogens with one attached hydrogen (secondary N) is 2. The lowest BCUT2D eigenvalue weighted by Gasteiger charge is -2.28. The van der Waals surface area contributed by atoms with Crippen molar-refractivity contribution in [3.05, 3.63) is 22.2 Å². The zero-order valence-corrected chi connectivity index (χ0v) is 12.2. The summed E-state index contributed by atoms with van der Waals surface area (Å²) in [6.07, 6.45) is 0. The fraction of sp³-hybridized carbons (Fsp3) is 0.615. The molecule has 19 heavy (non-hydrogen) atoms. The summed E-state index contributed by atoms with van der Waals surface area (Å²) < 4.78 is 0. The van der Waals surface area contributed by atoms with Gasteiger partial charge in [0, 0.05) is 12.6 Å². The first-order chi connectivity index (χ1) is 8.74. The average Bonchev–Trinajstić information content (AvgIpc) is 2.27. The molecule has 0 spiro atoms. The molecule has 1 unspecified atom stereocenters. The summed E-state index contributed by atoms with van der Waals surface area (Å²) in [6.45, 7) is 10.9. The van der Waals surface area contributed by atoms with Gasteiger partial charge in [-0.25, -0.2) is 4.98 Å². The van der Waals surface area contributed by atoms with Crippen LogP contribution < -0.4 is 10.6 Å². The molecule has 0 aliphatic heterocycles. The Bertz CT molecular complexity index is 454. The second kappa shape index (κ2) is 5.86. The zero-order chi connectivity index (χ0) is 14.6. The van der Waals surface area contributed by atoms with E-state index in [0.29, 0.717) is 18.2 Å². The Hall–Kier alpha value is -1.85. The molecule has 0 bridgehead atoms. The van der Waals surface area contributed by atoms with E-state index in [9.17, 15) is 10.1 Å². The third-order valence-electron chi connectivity index (χ3n) is 3.04. The van der Waals surface area contributed by atoms with E-state index in [1.165, 1.54) is 12.1 Å². The summed E-state index contributed by atoms with van der Waals surface area (Å²) >= 11 is 0. The summed E-state index contributed by atoms with van der Waals surface area (Å²) in [5, 5.41) is 17.1. The van der Waals surface area contributed by atoms with Crippen molar-refractivity contribution in [2.24, 2.45) is 5.41 Å². The summed E-state index contributed by atoms with van der Waals surface area (Å²) in [5.41, 5.74) is 0.0829. The second-order valence-electron chi connectivity index (χ2n) is 5.62. The Morgan fingerprint density at radius 2 is 1.95 bits per heavy atom. The maximum absolute atomic E-state index is 10.9. The molecule has 0 saturated heterocycles. The Morgan fingerprint density at radius 1 is 1.37 bits per heavy atom. The molecule has 0 saturated carbocycles. The van der Waals surface area contributed by atoms with Crippen LogP contribution in [-0.4, -0.2) is 22.5 Å². The van der Waals surface area contributed by atoms with E-state index in [1.807, 2.05) is 13.8 Å². The standard InChI is InChI=1S/C13H22N4O2/c1-6-14-11-7-10(17(18)19)8-12(16-11)15-9(2)13(3,4)5/h7-9H,6H2,1-5H3,(H2,14,15,16). The zero-order valence-electron chi connectivity index (χ0n) is 12.2. The van der Waals surface area contributed by atoms with E-state index in [1.54, 1.807) is 0 Å². The summed E-state index contributed by atoms with van der Waals surface area (Å²) in [7, 11) is 0. The van der Waals surface area contributed by atoms with Gasteiger partial charge in [-0.05, 0) is 19.3 Å². The molecule has 0 aromatic carbocycles. The summed E-state index contributed by atoms with van der Waals surface area (Å²) in [6, 6.07) is 3.05. The third kappa shape index (κ3) is 4.39. The van der Waals surface area contributed by atoms with E-state index < -0.39 is 4.92 Å². The first-order valence-electron chi connectivity index (χ1n) is 6.41. The van der Waals surface area contributed by atoms with Gasteiger partial charge >= 0.3 is 0 Å². The predicted molar refractivity (Wildman–Crippen MR) is 77.6 cm³/mol. The van der Waals surface area contributed by atoms with Gasteiger partial charge in [0.25, 0.3) is 5.69 Å². The summed E-state index contributed by atoms with van der Waals surface area (Å²) in [4.78, 5) is 14.8. The van der Waals surface area contributed by atoms with Crippen LogP contribution in [0.15, 0.2) is 12.1 Å². The number of aromatic nitrogens is 1. The largest absolute Gasteiger partial charge is 0.370 e. The highest BCUT2D eigenvalue weighted by molar-refractivity contribution is 5.55. The minimum absolute atomic E-state index is 0.0366. The van der Waals surface area contributed by atoms with Crippen LogP contribution in [0.1, 0.15) is 34.6 Å². The Balaban J connectivity index is 3.02. The summed E-state index contributed by atoms with van der Waals surface area (Å²) in [5.74, 6) is 1.04. The van der Waals surface area contributed by atoms with Crippen molar-refractivity contribution in [3.8, 4) is 0 Å². The van der Waals surface area contributed by atoms with Crippen LogP contribution in [0, 0.1) is 15.5 Å². The Morgan fingerprint density at radius 3 is 2.42 bits per heavy atom. The molecular weight excluding hydrogens is 244 g/mol. The van der Waals surface area contributed by atoms with Gasteiger partial charge in [0.1, 0.15) is 11.6 Å². The van der Waals surface area contributed by atoms with Crippen molar-refractivity contribution in [2.45, 2.75) is 40.7 Å². The molecule has 0 aliphatic rings. The quantitative estimate of drug-likeness (QED) is 0.631. The van der Waals surface area contributed by atoms with Gasteiger partial charge in [-0.2, -0.15) is 0 Å².